The SMILES string of the molecule is CCC(=CCNC1CCCC1C)C(=O)OC. The second-order valence-corrected chi connectivity index (χ2v) is 4.50. The van der Waals surface area contributed by atoms with Crippen LogP contribution in [0.2, 0.25) is 0 Å². The minimum absolute atomic E-state index is 0.205. The van der Waals surface area contributed by atoms with E-state index in [1.807, 2.05) is 13.0 Å². The molecule has 16 heavy (non-hydrogen) atoms. The summed E-state index contributed by atoms with van der Waals surface area (Å²) in [6, 6.07) is 0.618. The number of hydrogen-bond acceptors (Lipinski definition) is 3. The van der Waals surface area contributed by atoms with E-state index in [4.69, 9.17) is 4.74 Å². The Morgan fingerprint density at radius 2 is 2.25 bits per heavy atom. The minimum Gasteiger partial charge on any atom is -0.466 e. The first kappa shape index (κ1) is 13.2. The fourth-order valence-electron chi connectivity index (χ4n) is 2.29. The van der Waals surface area contributed by atoms with Gasteiger partial charge in [0, 0.05) is 18.2 Å². The summed E-state index contributed by atoms with van der Waals surface area (Å²) in [5, 5.41) is 3.49. The minimum atomic E-state index is -0.205. The Kier molecular flexibility index (Phi) is 5.53. The monoisotopic (exact) mass is 225 g/mol. The van der Waals surface area contributed by atoms with E-state index in [1.165, 1.54) is 26.4 Å². The number of carbonyl (C=O) groups excluding carboxylic acids is 1. The standard InChI is InChI=1S/C13H23NO2/c1-4-11(13(15)16-3)8-9-14-12-7-5-6-10(12)2/h8,10,12,14H,4-7,9H2,1-3H3. The molecule has 0 heterocycles. The van der Waals surface area contributed by atoms with Gasteiger partial charge in [0.2, 0.25) is 0 Å². The molecular formula is C13H23NO2. The number of methoxy groups -OCH3 is 1. The molecule has 0 spiro atoms. The molecule has 1 aliphatic rings. The highest BCUT2D eigenvalue weighted by molar-refractivity contribution is 5.88. The van der Waals surface area contributed by atoms with Gasteiger partial charge in [0.25, 0.3) is 0 Å². The Bertz CT molecular complexity index is 261. The van der Waals surface area contributed by atoms with Gasteiger partial charge in [0.05, 0.1) is 7.11 Å². The van der Waals surface area contributed by atoms with Crippen molar-refractivity contribution in [2.75, 3.05) is 13.7 Å². The van der Waals surface area contributed by atoms with Crippen molar-refractivity contribution in [3.05, 3.63) is 11.6 Å². The number of rotatable bonds is 5. The molecule has 0 bridgehead atoms. The molecule has 0 aromatic rings. The van der Waals surface area contributed by atoms with Crippen molar-refractivity contribution in [1.82, 2.24) is 5.32 Å². The first-order valence-electron chi connectivity index (χ1n) is 6.19. The molecule has 0 aromatic carbocycles. The van der Waals surface area contributed by atoms with Crippen LogP contribution >= 0.6 is 0 Å². The third-order valence-electron chi connectivity index (χ3n) is 3.42. The molecule has 1 rings (SSSR count). The molecule has 0 aromatic heterocycles. The predicted octanol–water partition coefficient (Wildman–Crippen LogP) is 2.27. The summed E-state index contributed by atoms with van der Waals surface area (Å²) in [5.41, 5.74) is 0.764. The summed E-state index contributed by atoms with van der Waals surface area (Å²) in [5.74, 6) is 0.556. The Morgan fingerprint density at radius 3 is 2.75 bits per heavy atom. The van der Waals surface area contributed by atoms with E-state index in [2.05, 4.69) is 12.2 Å². The normalized spacial score (nSPS) is 25.8. The first-order valence-corrected chi connectivity index (χ1v) is 6.19. The van der Waals surface area contributed by atoms with Crippen LogP contribution in [-0.4, -0.2) is 25.7 Å². The molecule has 92 valence electrons. The average molecular weight is 225 g/mol. The van der Waals surface area contributed by atoms with Gasteiger partial charge < -0.3 is 10.1 Å². The maximum Gasteiger partial charge on any atom is 0.333 e. The van der Waals surface area contributed by atoms with E-state index < -0.39 is 0 Å². The molecule has 0 radical (unpaired) electrons. The van der Waals surface area contributed by atoms with Crippen molar-refractivity contribution < 1.29 is 9.53 Å². The van der Waals surface area contributed by atoms with Gasteiger partial charge in [-0.1, -0.05) is 26.3 Å². The van der Waals surface area contributed by atoms with Gasteiger partial charge in [-0.15, -0.1) is 0 Å². The smallest absolute Gasteiger partial charge is 0.333 e. The topological polar surface area (TPSA) is 38.3 Å². The van der Waals surface area contributed by atoms with E-state index in [1.54, 1.807) is 0 Å². The molecule has 1 saturated carbocycles. The Morgan fingerprint density at radius 1 is 1.50 bits per heavy atom. The van der Waals surface area contributed by atoms with Gasteiger partial charge in [-0.25, -0.2) is 4.79 Å². The highest BCUT2D eigenvalue weighted by Gasteiger charge is 2.22. The molecule has 0 aliphatic heterocycles. The van der Waals surface area contributed by atoms with Gasteiger partial charge in [-0.2, -0.15) is 0 Å². The maximum absolute atomic E-state index is 11.3. The summed E-state index contributed by atoms with van der Waals surface area (Å²) in [6.07, 6.45) is 6.58. The van der Waals surface area contributed by atoms with Crippen molar-refractivity contribution >= 4 is 5.97 Å². The summed E-state index contributed by atoms with van der Waals surface area (Å²) in [6.45, 7) is 5.03. The fourth-order valence-corrected chi connectivity index (χ4v) is 2.29. The van der Waals surface area contributed by atoms with Crippen LogP contribution in [0.25, 0.3) is 0 Å². The van der Waals surface area contributed by atoms with E-state index >= 15 is 0 Å². The zero-order valence-corrected chi connectivity index (χ0v) is 10.6. The molecule has 0 amide bonds. The van der Waals surface area contributed by atoms with Crippen molar-refractivity contribution in [1.29, 1.82) is 0 Å². The zero-order chi connectivity index (χ0) is 12.0. The van der Waals surface area contributed by atoms with Crippen molar-refractivity contribution in [2.45, 2.75) is 45.6 Å². The summed E-state index contributed by atoms with van der Waals surface area (Å²) >= 11 is 0. The number of carbonyl (C=O) groups is 1. The second kappa shape index (κ2) is 6.69. The highest BCUT2D eigenvalue weighted by Crippen LogP contribution is 2.24. The third kappa shape index (κ3) is 3.63. The van der Waals surface area contributed by atoms with Crippen LogP contribution in [0.1, 0.15) is 39.5 Å². The molecule has 3 nitrogen and oxygen atoms in total. The lowest BCUT2D eigenvalue weighted by Crippen LogP contribution is -2.31. The molecule has 1 aliphatic carbocycles. The Hall–Kier alpha value is -0.830. The van der Waals surface area contributed by atoms with Crippen molar-refractivity contribution in [3.63, 3.8) is 0 Å². The van der Waals surface area contributed by atoms with E-state index in [0.717, 1.165) is 24.5 Å². The van der Waals surface area contributed by atoms with Gasteiger partial charge >= 0.3 is 5.97 Å². The number of ether oxygens (including phenoxy) is 1. The lowest BCUT2D eigenvalue weighted by Gasteiger charge is -2.16. The number of nitrogens with one attached hydrogen (secondary N) is 1. The molecule has 1 fully saturated rings. The maximum atomic E-state index is 11.3. The molecule has 0 saturated heterocycles. The average Bonchev–Trinajstić information content (AvgIpc) is 2.69. The molecular weight excluding hydrogens is 202 g/mol. The lowest BCUT2D eigenvalue weighted by molar-refractivity contribution is -0.136. The largest absolute Gasteiger partial charge is 0.466 e. The lowest BCUT2D eigenvalue weighted by atomic mass is 10.1. The third-order valence-corrected chi connectivity index (χ3v) is 3.42. The van der Waals surface area contributed by atoms with Crippen LogP contribution in [0.5, 0.6) is 0 Å². The summed E-state index contributed by atoms with van der Waals surface area (Å²) in [7, 11) is 1.43. The van der Waals surface area contributed by atoms with Crippen LogP contribution in [0, 0.1) is 5.92 Å². The van der Waals surface area contributed by atoms with E-state index in [0.29, 0.717) is 6.04 Å². The van der Waals surface area contributed by atoms with Crippen molar-refractivity contribution in [2.24, 2.45) is 5.92 Å². The summed E-state index contributed by atoms with van der Waals surface area (Å²) < 4.78 is 4.71. The number of esters is 1. The van der Waals surface area contributed by atoms with Crippen LogP contribution in [-0.2, 0) is 9.53 Å². The zero-order valence-electron chi connectivity index (χ0n) is 10.6. The van der Waals surface area contributed by atoms with Gasteiger partial charge in [0.15, 0.2) is 0 Å². The second-order valence-electron chi connectivity index (χ2n) is 4.50. The van der Waals surface area contributed by atoms with Gasteiger partial charge in [-0.05, 0) is 25.2 Å². The van der Waals surface area contributed by atoms with E-state index in [9.17, 15) is 4.79 Å². The van der Waals surface area contributed by atoms with Gasteiger partial charge in [0.1, 0.15) is 0 Å². The van der Waals surface area contributed by atoms with Crippen LogP contribution in [0.15, 0.2) is 11.6 Å². The quantitative estimate of drug-likeness (QED) is 0.576. The van der Waals surface area contributed by atoms with Crippen molar-refractivity contribution in [3.8, 4) is 0 Å². The first-order chi connectivity index (χ1) is 7.69. The Balaban J connectivity index is 2.36. The summed E-state index contributed by atoms with van der Waals surface area (Å²) in [4.78, 5) is 11.3. The molecule has 1 N–H and O–H groups in total. The molecule has 2 unspecified atom stereocenters. The highest BCUT2D eigenvalue weighted by atomic mass is 16.5. The molecule has 2 atom stereocenters. The van der Waals surface area contributed by atoms with Crippen LogP contribution < -0.4 is 5.32 Å². The Labute approximate surface area is 98.2 Å². The van der Waals surface area contributed by atoms with Gasteiger partial charge in [-0.3, -0.25) is 0 Å². The predicted molar refractivity (Wildman–Crippen MR) is 65.2 cm³/mol. The fraction of sp³-hybridized carbons (Fsp3) is 0.769. The number of hydrogen-bond donors (Lipinski definition) is 1. The molecule has 3 heteroatoms. The van der Waals surface area contributed by atoms with E-state index in [-0.39, 0.29) is 5.97 Å². The van der Waals surface area contributed by atoms with Crippen LogP contribution in [0.3, 0.4) is 0 Å². The van der Waals surface area contributed by atoms with Crippen LogP contribution in [0.4, 0.5) is 0 Å².